The monoisotopic (exact) mass is 248 g/mol. The number of rotatable bonds is 5. The normalized spacial score (nSPS) is 11.9. The second-order valence-electron chi connectivity index (χ2n) is 3.60. The zero-order valence-corrected chi connectivity index (χ0v) is 10.8. The van der Waals surface area contributed by atoms with Crippen molar-refractivity contribution in [3.8, 4) is 0 Å². The van der Waals surface area contributed by atoms with E-state index >= 15 is 0 Å². The lowest BCUT2D eigenvalue weighted by atomic mass is 10.2. The molecular formula is C11H15F3OSi. The summed E-state index contributed by atoms with van der Waals surface area (Å²) in [6.45, 7) is 3.92. The van der Waals surface area contributed by atoms with Crippen LogP contribution >= 0.6 is 0 Å². The Morgan fingerprint density at radius 2 is 1.62 bits per heavy atom. The smallest absolute Gasteiger partial charge is 0.199 e. The third-order valence-electron chi connectivity index (χ3n) is 2.48. The van der Waals surface area contributed by atoms with Gasteiger partial charge in [-0.15, -0.1) is 0 Å². The summed E-state index contributed by atoms with van der Waals surface area (Å²) in [6, 6.07) is 1.39. The van der Waals surface area contributed by atoms with Crippen LogP contribution in [-0.2, 0) is 4.43 Å². The van der Waals surface area contributed by atoms with Gasteiger partial charge in [0.1, 0.15) is 17.5 Å². The van der Waals surface area contributed by atoms with E-state index in [-0.39, 0.29) is 11.3 Å². The fraction of sp³-hybridized carbons (Fsp3) is 0.455. The van der Waals surface area contributed by atoms with E-state index < -0.39 is 27.2 Å². The Kier molecular flexibility index (Phi) is 5.01. The molecular weight excluding hydrogens is 233 g/mol. The van der Waals surface area contributed by atoms with Crippen molar-refractivity contribution in [2.75, 3.05) is 0 Å². The summed E-state index contributed by atoms with van der Waals surface area (Å²) in [4.78, 5) is 0. The lowest BCUT2D eigenvalue weighted by molar-refractivity contribution is 0.206. The zero-order chi connectivity index (χ0) is 12.1. The molecule has 0 aromatic heterocycles. The van der Waals surface area contributed by atoms with Crippen LogP contribution in [0.1, 0.15) is 26.7 Å². The maximum absolute atomic E-state index is 13.2. The number of benzene rings is 1. The standard InChI is InChI=1S/C11H15F3OSi/c1-3-8(4-2)15-16-11-9(13)5-7(12)6-10(11)14/h5-6,8H,3-4,16H2,1-2H3. The van der Waals surface area contributed by atoms with Crippen LogP contribution in [0.3, 0.4) is 0 Å². The molecule has 1 nitrogen and oxygen atoms in total. The molecule has 0 radical (unpaired) electrons. The Hall–Kier alpha value is -0.813. The minimum atomic E-state index is -1.47. The van der Waals surface area contributed by atoms with Crippen LogP contribution in [0.15, 0.2) is 12.1 Å². The topological polar surface area (TPSA) is 9.23 Å². The summed E-state index contributed by atoms with van der Waals surface area (Å²) < 4.78 is 44.6. The highest BCUT2D eigenvalue weighted by Gasteiger charge is 2.14. The second kappa shape index (κ2) is 6.05. The highest BCUT2D eigenvalue weighted by molar-refractivity contribution is 6.47. The molecule has 0 saturated carbocycles. The van der Waals surface area contributed by atoms with Crippen LogP contribution in [0.4, 0.5) is 13.2 Å². The predicted molar refractivity (Wildman–Crippen MR) is 59.9 cm³/mol. The molecule has 1 aromatic rings. The molecule has 0 N–H and O–H groups in total. The molecule has 0 fully saturated rings. The minimum Gasteiger partial charge on any atom is -0.415 e. The zero-order valence-electron chi connectivity index (χ0n) is 9.40. The summed E-state index contributed by atoms with van der Waals surface area (Å²) in [6.07, 6.45) is 1.66. The van der Waals surface area contributed by atoms with Crippen LogP contribution in [0, 0.1) is 17.5 Å². The van der Waals surface area contributed by atoms with E-state index in [1.807, 2.05) is 13.8 Å². The molecule has 5 heteroatoms. The van der Waals surface area contributed by atoms with Crippen molar-refractivity contribution < 1.29 is 17.6 Å². The Labute approximate surface area is 95.6 Å². The van der Waals surface area contributed by atoms with Gasteiger partial charge in [0, 0.05) is 23.4 Å². The molecule has 0 amide bonds. The van der Waals surface area contributed by atoms with Crippen LogP contribution in [-0.4, -0.2) is 15.9 Å². The molecule has 1 rings (SSSR count). The Morgan fingerprint density at radius 1 is 1.12 bits per heavy atom. The van der Waals surface area contributed by atoms with Gasteiger partial charge in [-0.1, -0.05) is 13.8 Å². The summed E-state index contributed by atoms with van der Waals surface area (Å²) in [5.74, 6) is -2.57. The van der Waals surface area contributed by atoms with E-state index in [2.05, 4.69) is 0 Å². The number of halogens is 3. The van der Waals surface area contributed by atoms with E-state index in [9.17, 15) is 13.2 Å². The third kappa shape index (κ3) is 3.35. The van der Waals surface area contributed by atoms with Crippen LogP contribution < -0.4 is 5.19 Å². The average molecular weight is 248 g/mol. The predicted octanol–water partition coefficient (Wildman–Crippen LogP) is 2.02. The van der Waals surface area contributed by atoms with Crippen LogP contribution in [0.5, 0.6) is 0 Å². The van der Waals surface area contributed by atoms with Gasteiger partial charge in [-0.25, -0.2) is 13.2 Å². The van der Waals surface area contributed by atoms with Gasteiger partial charge >= 0.3 is 0 Å². The van der Waals surface area contributed by atoms with Crippen LogP contribution in [0.2, 0.25) is 0 Å². The van der Waals surface area contributed by atoms with Gasteiger partial charge < -0.3 is 4.43 Å². The van der Waals surface area contributed by atoms with Crippen molar-refractivity contribution in [3.05, 3.63) is 29.6 Å². The molecule has 16 heavy (non-hydrogen) atoms. The van der Waals surface area contributed by atoms with Gasteiger partial charge in [0.05, 0.1) is 0 Å². The maximum atomic E-state index is 13.2. The van der Waals surface area contributed by atoms with Gasteiger partial charge in [-0.05, 0) is 12.8 Å². The van der Waals surface area contributed by atoms with Gasteiger partial charge in [-0.3, -0.25) is 0 Å². The van der Waals surface area contributed by atoms with Gasteiger partial charge in [-0.2, -0.15) is 0 Å². The van der Waals surface area contributed by atoms with E-state index in [1.165, 1.54) is 0 Å². The molecule has 0 unspecified atom stereocenters. The minimum absolute atomic E-state index is 0.0375. The van der Waals surface area contributed by atoms with E-state index in [0.717, 1.165) is 12.8 Å². The summed E-state index contributed by atoms with van der Waals surface area (Å²) in [7, 11) is -1.47. The van der Waals surface area contributed by atoms with Gasteiger partial charge in [0.25, 0.3) is 0 Å². The second-order valence-corrected chi connectivity index (χ2v) is 4.93. The van der Waals surface area contributed by atoms with Crippen LogP contribution in [0.25, 0.3) is 0 Å². The lowest BCUT2D eigenvalue weighted by Gasteiger charge is -2.14. The van der Waals surface area contributed by atoms with Gasteiger partial charge in [0.15, 0.2) is 9.76 Å². The number of hydrogen-bond acceptors (Lipinski definition) is 1. The molecule has 0 bridgehead atoms. The average Bonchev–Trinajstić information content (AvgIpc) is 2.22. The molecule has 0 aliphatic rings. The Morgan fingerprint density at radius 3 is 2.06 bits per heavy atom. The first-order valence-corrected chi connectivity index (χ1v) is 6.61. The summed E-state index contributed by atoms with van der Waals surface area (Å²) >= 11 is 0. The molecule has 90 valence electrons. The fourth-order valence-electron chi connectivity index (χ4n) is 1.44. The van der Waals surface area contributed by atoms with Crippen molar-refractivity contribution in [2.45, 2.75) is 32.8 Å². The van der Waals surface area contributed by atoms with Gasteiger partial charge in [0.2, 0.25) is 0 Å². The molecule has 0 saturated heterocycles. The largest absolute Gasteiger partial charge is 0.415 e. The van der Waals surface area contributed by atoms with Crippen molar-refractivity contribution in [2.24, 2.45) is 0 Å². The summed E-state index contributed by atoms with van der Waals surface area (Å²) in [5.41, 5.74) is 0. The quantitative estimate of drug-likeness (QED) is 0.724. The Bertz CT molecular complexity index is 330. The molecule has 1 aromatic carbocycles. The third-order valence-corrected chi connectivity index (χ3v) is 4.08. The fourth-order valence-corrected chi connectivity index (χ4v) is 2.79. The van der Waals surface area contributed by atoms with Crippen molar-refractivity contribution >= 4 is 14.9 Å². The van der Waals surface area contributed by atoms with Crippen molar-refractivity contribution in [1.29, 1.82) is 0 Å². The first-order chi connectivity index (χ1) is 7.58. The Balaban J connectivity index is 2.74. The molecule has 0 atom stereocenters. The first-order valence-electron chi connectivity index (χ1n) is 5.33. The highest BCUT2D eigenvalue weighted by Crippen LogP contribution is 2.06. The molecule has 0 aliphatic carbocycles. The van der Waals surface area contributed by atoms with Crippen molar-refractivity contribution in [1.82, 2.24) is 0 Å². The first kappa shape index (κ1) is 13.3. The molecule has 0 spiro atoms. The van der Waals surface area contributed by atoms with E-state index in [4.69, 9.17) is 4.43 Å². The molecule has 0 heterocycles. The van der Waals surface area contributed by atoms with Crippen molar-refractivity contribution in [3.63, 3.8) is 0 Å². The maximum Gasteiger partial charge on any atom is 0.199 e. The SMILES string of the molecule is CCC(CC)O[SiH2]c1c(F)cc(F)cc1F. The lowest BCUT2D eigenvalue weighted by Crippen LogP contribution is -2.29. The van der Waals surface area contributed by atoms with E-state index in [0.29, 0.717) is 12.1 Å². The number of hydrogen-bond donors (Lipinski definition) is 0. The molecule has 0 aliphatic heterocycles. The summed E-state index contributed by atoms with van der Waals surface area (Å²) in [5, 5.41) is -0.0756. The van der Waals surface area contributed by atoms with E-state index in [1.54, 1.807) is 0 Å². The highest BCUT2D eigenvalue weighted by atomic mass is 28.2.